The number of pyridine rings is 1. The van der Waals surface area contributed by atoms with Crippen LogP contribution in [-0.4, -0.2) is 61.4 Å². The van der Waals surface area contributed by atoms with Crippen LogP contribution < -0.4 is 5.69 Å². The number of morpholine rings is 1. The molecule has 3 aromatic rings. The zero-order chi connectivity index (χ0) is 26.1. The van der Waals surface area contributed by atoms with Crippen LogP contribution in [0.3, 0.4) is 0 Å². The Bertz CT molecular complexity index is 1300. The SMILES string of the molecule is CC(C)CC(=O)Cn1c(-c2cccc(Cl)c2)nn(-c2ccc(CC(C)N3C4CCC3COC4)cn2)c1=O. The van der Waals surface area contributed by atoms with Gasteiger partial charge in [0.1, 0.15) is 0 Å². The Labute approximate surface area is 222 Å². The first-order valence-corrected chi connectivity index (χ1v) is 13.5. The number of Topliss-reactive ketones (excluding diaryl/α,β-unsaturated/α-hetero) is 1. The molecule has 0 N–H and O–H groups in total. The highest BCUT2D eigenvalue weighted by Gasteiger charge is 2.39. The van der Waals surface area contributed by atoms with Crippen molar-refractivity contribution in [2.45, 2.75) is 71.1 Å². The molecule has 3 atom stereocenters. The second-order valence-corrected chi connectivity index (χ2v) is 11.1. The van der Waals surface area contributed by atoms with E-state index in [4.69, 9.17) is 16.3 Å². The number of ketones is 1. The Morgan fingerprint density at radius 2 is 1.89 bits per heavy atom. The number of nitrogens with zero attached hydrogens (tertiary/aromatic N) is 5. The third kappa shape index (κ3) is 5.56. The highest BCUT2D eigenvalue weighted by atomic mass is 35.5. The van der Waals surface area contributed by atoms with Crippen LogP contribution in [0.5, 0.6) is 0 Å². The summed E-state index contributed by atoms with van der Waals surface area (Å²) in [5.41, 5.74) is 1.38. The van der Waals surface area contributed by atoms with Crippen molar-refractivity contribution in [3.8, 4) is 17.2 Å². The molecule has 2 fully saturated rings. The minimum absolute atomic E-state index is 0.0192. The van der Waals surface area contributed by atoms with Crippen LogP contribution in [0.1, 0.15) is 45.6 Å². The fraction of sp³-hybridized carbons (Fsp3) is 0.500. The van der Waals surface area contributed by atoms with Gasteiger partial charge in [-0.05, 0) is 55.9 Å². The number of hydrogen-bond donors (Lipinski definition) is 0. The van der Waals surface area contributed by atoms with Gasteiger partial charge in [-0.3, -0.25) is 14.3 Å². The fourth-order valence-electron chi connectivity index (χ4n) is 5.71. The molecule has 37 heavy (non-hydrogen) atoms. The van der Waals surface area contributed by atoms with E-state index in [1.807, 2.05) is 38.2 Å². The highest BCUT2D eigenvalue weighted by molar-refractivity contribution is 6.30. The molecule has 3 unspecified atom stereocenters. The quantitative estimate of drug-likeness (QED) is 0.419. The summed E-state index contributed by atoms with van der Waals surface area (Å²) in [7, 11) is 0. The number of aromatic nitrogens is 4. The summed E-state index contributed by atoms with van der Waals surface area (Å²) in [6.45, 7) is 7.82. The third-order valence-electron chi connectivity index (χ3n) is 7.28. The van der Waals surface area contributed by atoms with Crippen molar-refractivity contribution < 1.29 is 9.53 Å². The molecule has 4 heterocycles. The van der Waals surface area contributed by atoms with E-state index in [1.54, 1.807) is 18.2 Å². The lowest BCUT2D eigenvalue weighted by atomic mass is 10.1. The van der Waals surface area contributed by atoms with E-state index in [1.165, 1.54) is 22.1 Å². The van der Waals surface area contributed by atoms with Crippen molar-refractivity contribution in [1.29, 1.82) is 0 Å². The predicted molar refractivity (Wildman–Crippen MR) is 143 cm³/mol. The molecule has 2 saturated heterocycles. The van der Waals surface area contributed by atoms with Crippen LogP contribution in [-0.2, 0) is 22.5 Å². The van der Waals surface area contributed by atoms with E-state index < -0.39 is 5.69 Å². The van der Waals surface area contributed by atoms with E-state index in [9.17, 15) is 9.59 Å². The summed E-state index contributed by atoms with van der Waals surface area (Å²) in [4.78, 5) is 33.3. The number of hydrogen-bond acceptors (Lipinski definition) is 6. The normalized spacial score (nSPS) is 20.5. The van der Waals surface area contributed by atoms with E-state index in [-0.39, 0.29) is 18.2 Å². The number of benzene rings is 1. The van der Waals surface area contributed by atoms with Gasteiger partial charge in [-0.1, -0.05) is 43.6 Å². The maximum absolute atomic E-state index is 13.4. The van der Waals surface area contributed by atoms with Crippen LogP contribution in [0.25, 0.3) is 17.2 Å². The zero-order valence-corrected chi connectivity index (χ0v) is 22.4. The van der Waals surface area contributed by atoms with Crippen LogP contribution in [0.2, 0.25) is 5.02 Å². The second-order valence-electron chi connectivity index (χ2n) is 10.7. The molecule has 9 heteroatoms. The Hall–Kier alpha value is -2.81. The summed E-state index contributed by atoms with van der Waals surface area (Å²) in [5.74, 6) is 1.00. The lowest BCUT2D eigenvalue weighted by Gasteiger charge is -2.39. The van der Waals surface area contributed by atoms with Gasteiger partial charge in [-0.2, -0.15) is 4.68 Å². The second kappa shape index (κ2) is 10.9. The van der Waals surface area contributed by atoms with E-state index in [0.717, 1.165) is 25.2 Å². The van der Waals surface area contributed by atoms with Crippen molar-refractivity contribution >= 4 is 17.4 Å². The molecule has 8 nitrogen and oxygen atoms in total. The van der Waals surface area contributed by atoms with Gasteiger partial charge in [-0.25, -0.2) is 9.78 Å². The van der Waals surface area contributed by atoms with Crippen LogP contribution in [0, 0.1) is 5.92 Å². The maximum Gasteiger partial charge on any atom is 0.352 e. The van der Waals surface area contributed by atoms with Crippen molar-refractivity contribution in [3.63, 3.8) is 0 Å². The molecule has 0 saturated carbocycles. The molecule has 0 aliphatic carbocycles. The molecule has 0 amide bonds. The van der Waals surface area contributed by atoms with E-state index in [0.29, 0.717) is 46.8 Å². The molecule has 1 aromatic carbocycles. The fourth-order valence-corrected chi connectivity index (χ4v) is 5.90. The number of rotatable bonds is 9. The number of carbonyl (C=O) groups is 1. The Kier molecular flexibility index (Phi) is 7.60. The van der Waals surface area contributed by atoms with Gasteiger partial charge in [0.25, 0.3) is 0 Å². The van der Waals surface area contributed by atoms with Gasteiger partial charge in [0.15, 0.2) is 17.4 Å². The summed E-state index contributed by atoms with van der Waals surface area (Å²) in [6, 6.07) is 12.4. The van der Waals surface area contributed by atoms with Crippen molar-refractivity contribution in [2.75, 3.05) is 13.2 Å². The first-order valence-electron chi connectivity index (χ1n) is 13.1. The van der Waals surface area contributed by atoms with Crippen LogP contribution in [0.4, 0.5) is 0 Å². The van der Waals surface area contributed by atoms with Gasteiger partial charge in [0, 0.05) is 41.3 Å². The van der Waals surface area contributed by atoms with Gasteiger partial charge >= 0.3 is 5.69 Å². The summed E-state index contributed by atoms with van der Waals surface area (Å²) in [5, 5.41) is 5.12. The van der Waals surface area contributed by atoms with Gasteiger partial charge in [0.2, 0.25) is 0 Å². The molecule has 0 radical (unpaired) electrons. The lowest BCUT2D eigenvalue weighted by Crippen LogP contribution is -2.50. The molecule has 2 aliphatic rings. The summed E-state index contributed by atoms with van der Waals surface area (Å²) in [6.07, 6.45) is 5.49. The Morgan fingerprint density at radius 1 is 1.14 bits per heavy atom. The van der Waals surface area contributed by atoms with Crippen molar-refractivity contribution in [3.05, 3.63) is 63.7 Å². The third-order valence-corrected chi connectivity index (χ3v) is 7.51. The number of ether oxygens (including phenoxy) is 1. The van der Waals surface area contributed by atoms with Crippen molar-refractivity contribution in [2.24, 2.45) is 5.92 Å². The molecule has 2 bridgehead atoms. The summed E-state index contributed by atoms with van der Waals surface area (Å²) < 4.78 is 8.42. The monoisotopic (exact) mass is 523 g/mol. The molecule has 0 spiro atoms. The molecular weight excluding hydrogens is 490 g/mol. The largest absolute Gasteiger partial charge is 0.378 e. The Morgan fingerprint density at radius 3 is 2.54 bits per heavy atom. The standard InChI is InChI=1S/C28H34ClN5O3/c1-18(2)11-25(35)15-32-27(21-5-4-6-22(29)13-21)31-34(28(32)36)26-10-7-20(14-30-26)12-19(3)33-23-8-9-24(33)17-37-16-23/h4-7,10,13-14,18-19,23-24H,8-9,11-12,15-17H2,1-3H3. The first kappa shape index (κ1) is 25.8. The minimum atomic E-state index is -0.398. The average molecular weight is 524 g/mol. The van der Waals surface area contributed by atoms with Crippen molar-refractivity contribution in [1.82, 2.24) is 24.2 Å². The van der Waals surface area contributed by atoms with Gasteiger partial charge < -0.3 is 4.74 Å². The topological polar surface area (TPSA) is 82.2 Å². The smallest absolute Gasteiger partial charge is 0.352 e. The number of carbonyl (C=O) groups excluding carboxylic acids is 1. The maximum atomic E-state index is 13.4. The molecule has 5 rings (SSSR count). The van der Waals surface area contributed by atoms with Gasteiger partial charge in [-0.15, -0.1) is 5.10 Å². The molecule has 196 valence electrons. The average Bonchev–Trinajstić information content (AvgIpc) is 3.31. The van der Waals surface area contributed by atoms with Crippen LogP contribution in [0.15, 0.2) is 47.4 Å². The van der Waals surface area contributed by atoms with E-state index >= 15 is 0 Å². The zero-order valence-electron chi connectivity index (χ0n) is 21.6. The number of fused-ring (bicyclic) bond motifs is 2. The lowest BCUT2D eigenvalue weighted by molar-refractivity contribution is -0.120. The van der Waals surface area contributed by atoms with E-state index in [2.05, 4.69) is 21.9 Å². The minimum Gasteiger partial charge on any atom is -0.378 e. The Balaban J connectivity index is 1.40. The number of halogens is 1. The molecule has 2 aliphatic heterocycles. The molecule has 2 aromatic heterocycles. The molecular formula is C28H34ClN5O3. The highest BCUT2D eigenvalue weighted by Crippen LogP contribution is 2.31. The first-order chi connectivity index (χ1) is 17.8. The predicted octanol–water partition coefficient (Wildman–Crippen LogP) is 4.16. The summed E-state index contributed by atoms with van der Waals surface area (Å²) >= 11 is 6.21. The van der Waals surface area contributed by atoms with Crippen LogP contribution >= 0.6 is 11.6 Å². The van der Waals surface area contributed by atoms with Gasteiger partial charge in [0.05, 0.1) is 19.8 Å².